The minimum Gasteiger partial charge on any atom is -0.382 e. The van der Waals surface area contributed by atoms with Crippen LogP contribution < -0.4 is 10.5 Å². The van der Waals surface area contributed by atoms with Crippen molar-refractivity contribution >= 4 is 37.8 Å². The Bertz CT molecular complexity index is 1030. The number of ether oxygens (including phenoxy) is 1. The van der Waals surface area contributed by atoms with Crippen molar-refractivity contribution < 1.29 is 13.2 Å². The molecule has 3 rings (SSSR count). The first-order chi connectivity index (χ1) is 12.4. The highest BCUT2D eigenvalue weighted by atomic mass is 32.2. The summed E-state index contributed by atoms with van der Waals surface area (Å²) >= 11 is 0. The standard InChI is InChI=1S/C17H23N5O3S/c1-3-14-21-15-16(12-6-4-5-7-13(12)20-17(15)18)22(14)9-11-25-10-8-19-26(2,23)24/h4-7,19H,3,8-11H2,1-2H3,(H2,18,20). The average Bonchev–Trinajstić information content (AvgIpc) is 2.97. The van der Waals surface area contributed by atoms with E-state index in [-0.39, 0.29) is 6.54 Å². The van der Waals surface area contributed by atoms with Crippen LogP contribution in [0.15, 0.2) is 24.3 Å². The maximum atomic E-state index is 11.0. The number of fused-ring (bicyclic) bond motifs is 3. The fourth-order valence-electron chi connectivity index (χ4n) is 2.97. The normalized spacial score (nSPS) is 12.2. The van der Waals surface area contributed by atoms with Crippen molar-refractivity contribution in [2.45, 2.75) is 19.9 Å². The van der Waals surface area contributed by atoms with Crippen LogP contribution in [0.1, 0.15) is 12.7 Å². The number of nitrogens with two attached hydrogens (primary N) is 1. The van der Waals surface area contributed by atoms with E-state index in [1.807, 2.05) is 31.2 Å². The molecule has 9 heteroatoms. The largest absolute Gasteiger partial charge is 0.382 e. The van der Waals surface area contributed by atoms with Crippen molar-refractivity contribution in [3.8, 4) is 0 Å². The van der Waals surface area contributed by atoms with Crippen LogP contribution in [0.2, 0.25) is 0 Å². The molecule has 2 aromatic heterocycles. The Morgan fingerprint density at radius 3 is 2.73 bits per heavy atom. The van der Waals surface area contributed by atoms with Crippen LogP contribution in [0.5, 0.6) is 0 Å². The number of imidazole rings is 1. The molecule has 0 radical (unpaired) electrons. The number of aromatic nitrogens is 3. The van der Waals surface area contributed by atoms with E-state index >= 15 is 0 Å². The molecule has 0 atom stereocenters. The molecule has 0 fully saturated rings. The Morgan fingerprint density at radius 2 is 2.00 bits per heavy atom. The summed E-state index contributed by atoms with van der Waals surface area (Å²) < 4.78 is 32.2. The van der Waals surface area contributed by atoms with Gasteiger partial charge in [-0.2, -0.15) is 0 Å². The zero-order valence-electron chi connectivity index (χ0n) is 14.9. The number of pyridine rings is 1. The predicted molar refractivity (Wildman–Crippen MR) is 102 cm³/mol. The summed E-state index contributed by atoms with van der Waals surface area (Å²) in [6.45, 7) is 3.66. The first-order valence-electron chi connectivity index (χ1n) is 8.46. The smallest absolute Gasteiger partial charge is 0.208 e. The van der Waals surface area contributed by atoms with E-state index in [1.54, 1.807) is 0 Å². The van der Waals surface area contributed by atoms with Crippen LogP contribution in [0, 0.1) is 0 Å². The Labute approximate surface area is 152 Å². The molecular weight excluding hydrogens is 354 g/mol. The molecule has 0 spiro atoms. The van der Waals surface area contributed by atoms with Crippen molar-refractivity contribution in [2.75, 3.05) is 31.7 Å². The summed E-state index contributed by atoms with van der Waals surface area (Å²) in [4.78, 5) is 9.10. The lowest BCUT2D eigenvalue weighted by atomic mass is 10.2. The van der Waals surface area contributed by atoms with Gasteiger partial charge in [0.05, 0.1) is 30.5 Å². The molecular formula is C17H23N5O3S. The van der Waals surface area contributed by atoms with E-state index in [4.69, 9.17) is 10.5 Å². The van der Waals surface area contributed by atoms with Crippen molar-refractivity contribution in [3.05, 3.63) is 30.1 Å². The van der Waals surface area contributed by atoms with E-state index in [1.165, 1.54) is 0 Å². The zero-order chi connectivity index (χ0) is 18.7. The van der Waals surface area contributed by atoms with E-state index < -0.39 is 10.0 Å². The summed E-state index contributed by atoms with van der Waals surface area (Å²) in [5.41, 5.74) is 8.61. The van der Waals surface area contributed by atoms with Gasteiger partial charge in [-0.15, -0.1) is 0 Å². The van der Waals surface area contributed by atoms with Gasteiger partial charge in [-0.3, -0.25) is 0 Å². The first-order valence-corrected chi connectivity index (χ1v) is 10.4. The highest BCUT2D eigenvalue weighted by Gasteiger charge is 2.16. The molecule has 0 saturated heterocycles. The first kappa shape index (κ1) is 18.6. The second-order valence-corrected chi connectivity index (χ2v) is 7.86. The second-order valence-electron chi connectivity index (χ2n) is 6.02. The molecule has 0 aliphatic carbocycles. The van der Waals surface area contributed by atoms with E-state index in [9.17, 15) is 8.42 Å². The van der Waals surface area contributed by atoms with Crippen LogP contribution in [0.3, 0.4) is 0 Å². The molecule has 3 aromatic rings. The van der Waals surface area contributed by atoms with Crippen LogP contribution >= 0.6 is 0 Å². The number of aryl methyl sites for hydroxylation is 1. The van der Waals surface area contributed by atoms with Gasteiger partial charge in [-0.05, 0) is 6.07 Å². The minimum atomic E-state index is -3.19. The number of hydrogen-bond donors (Lipinski definition) is 2. The predicted octanol–water partition coefficient (Wildman–Crippen LogP) is 1.29. The zero-order valence-corrected chi connectivity index (χ0v) is 15.7. The fourth-order valence-corrected chi connectivity index (χ4v) is 3.43. The third-order valence-electron chi connectivity index (χ3n) is 4.08. The Morgan fingerprint density at radius 1 is 1.23 bits per heavy atom. The summed E-state index contributed by atoms with van der Waals surface area (Å²) in [6.07, 6.45) is 1.89. The van der Waals surface area contributed by atoms with Crippen LogP contribution in [-0.4, -0.2) is 49.0 Å². The molecule has 8 nitrogen and oxygen atoms in total. The van der Waals surface area contributed by atoms with Gasteiger partial charge in [0.2, 0.25) is 10.0 Å². The highest BCUT2D eigenvalue weighted by Crippen LogP contribution is 2.28. The maximum absolute atomic E-state index is 11.0. The Hall–Kier alpha value is -2.23. The van der Waals surface area contributed by atoms with Gasteiger partial charge in [0.25, 0.3) is 0 Å². The van der Waals surface area contributed by atoms with Gasteiger partial charge in [0.15, 0.2) is 5.82 Å². The summed E-state index contributed by atoms with van der Waals surface area (Å²) in [6, 6.07) is 7.84. The quantitative estimate of drug-likeness (QED) is 0.572. The minimum absolute atomic E-state index is 0.254. The van der Waals surface area contributed by atoms with E-state index in [2.05, 4.69) is 19.3 Å². The number of anilines is 1. The third-order valence-corrected chi connectivity index (χ3v) is 4.80. The van der Waals surface area contributed by atoms with Crippen molar-refractivity contribution in [3.63, 3.8) is 0 Å². The summed E-state index contributed by atoms with van der Waals surface area (Å²) in [5, 5.41) is 1.00. The van der Waals surface area contributed by atoms with Gasteiger partial charge in [-0.25, -0.2) is 23.1 Å². The van der Waals surface area contributed by atoms with E-state index in [0.29, 0.717) is 31.1 Å². The molecule has 0 aliphatic heterocycles. The average molecular weight is 377 g/mol. The van der Waals surface area contributed by atoms with Gasteiger partial charge < -0.3 is 15.0 Å². The monoisotopic (exact) mass is 377 g/mol. The molecule has 2 heterocycles. The van der Waals surface area contributed by atoms with Crippen molar-refractivity contribution in [1.82, 2.24) is 19.3 Å². The van der Waals surface area contributed by atoms with Gasteiger partial charge in [0, 0.05) is 24.9 Å². The van der Waals surface area contributed by atoms with Gasteiger partial charge >= 0.3 is 0 Å². The SMILES string of the molecule is CCc1nc2c(N)nc3ccccc3c2n1CCOCCNS(C)(=O)=O. The van der Waals surface area contributed by atoms with Crippen LogP contribution in [0.25, 0.3) is 21.9 Å². The number of nitrogens with one attached hydrogen (secondary N) is 1. The molecule has 3 N–H and O–H groups in total. The lowest BCUT2D eigenvalue weighted by Gasteiger charge is -2.11. The number of nitrogens with zero attached hydrogens (tertiary/aromatic N) is 3. The molecule has 0 aliphatic rings. The second kappa shape index (κ2) is 7.56. The fraction of sp³-hybridized carbons (Fsp3) is 0.412. The van der Waals surface area contributed by atoms with E-state index in [0.717, 1.165) is 34.9 Å². The molecule has 0 bridgehead atoms. The van der Waals surface area contributed by atoms with Crippen molar-refractivity contribution in [2.24, 2.45) is 0 Å². The Balaban J connectivity index is 1.83. The number of rotatable bonds is 8. The number of nitrogen functional groups attached to an aromatic ring is 1. The molecule has 0 amide bonds. The molecule has 0 saturated carbocycles. The lowest BCUT2D eigenvalue weighted by molar-refractivity contribution is 0.131. The van der Waals surface area contributed by atoms with Gasteiger partial charge in [-0.1, -0.05) is 25.1 Å². The maximum Gasteiger partial charge on any atom is 0.208 e. The Kier molecular flexibility index (Phi) is 5.40. The van der Waals surface area contributed by atoms with Crippen LogP contribution in [0.4, 0.5) is 5.82 Å². The molecule has 0 unspecified atom stereocenters. The third kappa shape index (κ3) is 3.95. The topological polar surface area (TPSA) is 112 Å². The van der Waals surface area contributed by atoms with Crippen LogP contribution in [-0.2, 0) is 27.7 Å². The number of para-hydroxylation sites is 1. The van der Waals surface area contributed by atoms with Gasteiger partial charge in [0.1, 0.15) is 11.3 Å². The van der Waals surface area contributed by atoms with Crippen molar-refractivity contribution in [1.29, 1.82) is 0 Å². The molecule has 26 heavy (non-hydrogen) atoms. The summed E-state index contributed by atoms with van der Waals surface area (Å²) in [5.74, 6) is 1.34. The number of hydrogen-bond acceptors (Lipinski definition) is 6. The number of sulfonamides is 1. The number of benzene rings is 1. The lowest BCUT2D eigenvalue weighted by Crippen LogP contribution is -2.26. The summed E-state index contributed by atoms with van der Waals surface area (Å²) in [7, 11) is -3.19. The molecule has 1 aromatic carbocycles. The highest BCUT2D eigenvalue weighted by molar-refractivity contribution is 7.88. The molecule has 140 valence electrons.